The second-order valence-electron chi connectivity index (χ2n) is 11.8. The van der Waals surface area contributed by atoms with Crippen molar-refractivity contribution in [3.63, 3.8) is 0 Å². The molecular weight excluding hydrogens is 460 g/mol. The van der Waals surface area contributed by atoms with Crippen LogP contribution in [0.5, 0.6) is 0 Å². The van der Waals surface area contributed by atoms with Gasteiger partial charge in [0.05, 0.1) is 22.8 Å². The lowest BCUT2D eigenvalue weighted by Crippen LogP contribution is -2.22. The minimum Gasteiger partial charge on any atom is -0.248 e. The van der Waals surface area contributed by atoms with Gasteiger partial charge >= 0.3 is 0 Å². The van der Waals surface area contributed by atoms with Crippen LogP contribution in [0.25, 0.3) is 0 Å². The highest BCUT2D eigenvalue weighted by Gasteiger charge is 2.27. The Morgan fingerprint density at radius 1 is 0.579 bits per heavy atom. The molecule has 0 unspecified atom stereocenters. The van der Waals surface area contributed by atoms with Gasteiger partial charge < -0.3 is 0 Å². The first-order valence-electron chi connectivity index (χ1n) is 13.3. The third-order valence-electron chi connectivity index (χ3n) is 7.46. The van der Waals surface area contributed by atoms with E-state index >= 15 is 0 Å². The van der Waals surface area contributed by atoms with Crippen LogP contribution in [0, 0.1) is 6.92 Å². The highest BCUT2D eigenvalue weighted by molar-refractivity contribution is 6.32. The molecule has 0 spiro atoms. The van der Waals surface area contributed by atoms with Crippen molar-refractivity contribution in [2.75, 3.05) is 0 Å². The molecule has 2 nitrogen and oxygen atoms in total. The Morgan fingerprint density at radius 2 is 1.05 bits per heavy atom. The van der Waals surface area contributed by atoms with Gasteiger partial charge in [-0.3, -0.25) is 0 Å². The van der Waals surface area contributed by atoms with Gasteiger partial charge in [-0.15, -0.1) is 6.58 Å². The summed E-state index contributed by atoms with van der Waals surface area (Å²) in [5, 5.41) is 0. The van der Waals surface area contributed by atoms with Crippen molar-refractivity contribution in [3.05, 3.63) is 143 Å². The van der Waals surface area contributed by atoms with E-state index in [1.807, 2.05) is 6.08 Å². The number of allylic oxidation sites excluding steroid dienone is 1. The standard InChI is InChI=1S/C36H36N2/c1-8-36(6,7)26-16-20-28(21-17-26)37-33-29-11-9-10-12-30(29)34(32-23-24(2)13-22-31(32)33)38-27-18-14-25(15-19-27)35(3,4)5/h8-23H,1H2,2-7H3. The molecule has 0 amide bonds. The summed E-state index contributed by atoms with van der Waals surface area (Å²) in [5.74, 6) is 0. The average Bonchev–Trinajstić information content (AvgIpc) is 2.90. The van der Waals surface area contributed by atoms with Gasteiger partial charge in [-0.2, -0.15) is 0 Å². The lowest BCUT2D eigenvalue weighted by atomic mass is 9.82. The highest BCUT2D eigenvalue weighted by atomic mass is 14.8. The predicted octanol–water partition coefficient (Wildman–Crippen LogP) is 9.41. The third-order valence-corrected chi connectivity index (χ3v) is 7.46. The zero-order valence-corrected chi connectivity index (χ0v) is 23.3. The summed E-state index contributed by atoms with van der Waals surface area (Å²) < 4.78 is 0. The summed E-state index contributed by atoms with van der Waals surface area (Å²) >= 11 is 0. The maximum Gasteiger partial charge on any atom is 0.0795 e. The first kappa shape index (κ1) is 25.6. The van der Waals surface area contributed by atoms with Crippen LogP contribution in [0.2, 0.25) is 0 Å². The van der Waals surface area contributed by atoms with E-state index in [2.05, 4.69) is 139 Å². The fourth-order valence-corrected chi connectivity index (χ4v) is 4.87. The monoisotopic (exact) mass is 496 g/mol. The van der Waals surface area contributed by atoms with Crippen molar-refractivity contribution in [1.82, 2.24) is 0 Å². The van der Waals surface area contributed by atoms with Gasteiger partial charge in [-0.1, -0.05) is 107 Å². The fourth-order valence-electron chi connectivity index (χ4n) is 4.87. The molecule has 0 fully saturated rings. The lowest BCUT2D eigenvalue weighted by molar-refractivity contribution is 0.590. The van der Waals surface area contributed by atoms with Crippen LogP contribution in [0.15, 0.2) is 114 Å². The van der Waals surface area contributed by atoms with Crippen LogP contribution in [-0.2, 0) is 10.8 Å². The van der Waals surface area contributed by atoms with Gasteiger partial charge in [0.25, 0.3) is 0 Å². The van der Waals surface area contributed by atoms with Crippen LogP contribution in [0.3, 0.4) is 0 Å². The quantitative estimate of drug-likeness (QED) is 0.221. The number of benzene rings is 4. The maximum absolute atomic E-state index is 5.21. The molecular formula is C36H36N2. The topological polar surface area (TPSA) is 24.7 Å². The normalized spacial score (nSPS) is 15.3. The molecule has 0 saturated heterocycles. The van der Waals surface area contributed by atoms with Crippen molar-refractivity contribution < 1.29 is 0 Å². The van der Waals surface area contributed by atoms with E-state index in [1.54, 1.807) is 0 Å². The first-order valence-corrected chi connectivity index (χ1v) is 13.3. The molecule has 5 rings (SSSR count). The summed E-state index contributed by atoms with van der Waals surface area (Å²) in [5.41, 5.74) is 12.1. The molecule has 2 heteroatoms. The highest BCUT2D eigenvalue weighted by Crippen LogP contribution is 2.34. The maximum atomic E-state index is 5.21. The Morgan fingerprint density at radius 3 is 1.55 bits per heavy atom. The molecule has 0 N–H and O–H groups in total. The van der Waals surface area contributed by atoms with Gasteiger partial charge in [0.1, 0.15) is 0 Å². The van der Waals surface area contributed by atoms with Crippen LogP contribution >= 0.6 is 0 Å². The second-order valence-corrected chi connectivity index (χ2v) is 11.8. The zero-order chi connectivity index (χ0) is 27.1. The number of hydrogen-bond donors (Lipinski definition) is 0. The van der Waals surface area contributed by atoms with Crippen molar-refractivity contribution >= 4 is 22.8 Å². The molecule has 190 valence electrons. The van der Waals surface area contributed by atoms with Gasteiger partial charge in [0, 0.05) is 27.7 Å². The fraction of sp³-hybridized carbons (Fsp3) is 0.222. The molecule has 1 aliphatic carbocycles. The molecule has 0 heterocycles. The Kier molecular flexibility index (Phi) is 6.53. The van der Waals surface area contributed by atoms with E-state index < -0.39 is 0 Å². The van der Waals surface area contributed by atoms with Crippen molar-refractivity contribution in [1.29, 1.82) is 0 Å². The van der Waals surface area contributed by atoms with E-state index in [4.69, 9.17) is 9.98 Å². The molecule has 38 heavy (non-hydrogen) atoms. The largest absolute Gasteiger partial charge is 0.248 e. The number of nitrogens with zero attached hydrogens (tertiary/aromatic N) is 2. The summed E-state index contributed by atoms with van der Waals surface area (Å²) in [6, 6.07) is 32.2. The average molecular weight is 497 g/mol. The number of rotatable bonds is 4. The first-order chi connectivity index (χ1) is 18.1. The van der Waals surface area contributed by atoms with E-state index in [-0.39, 0.29) is 10.8 Å². The minimum atomic E-state index is -0.0797. The number of aryl methyl sites for hydroxylation is 1. The lowest BCUT2D eigenvalue weighted by Gasteiger charge is -2.24. The number of hydrogen-bond acceptors (Lipinski definition) is 2. The van der Waals surface area contributed by atoms with Gasteiger partial charge in [-0.25, -0.2) is 9.98 Å². The molecule has 0 aromatic heterocycles. The summed E-state index contributed by atoms with van der Waals surface area (Å²) in [4.78, 5) is 10.4. The molecule has 1 aliphatic rings. The van der Waals surface area contributed by atoms with Crippen LogP contribution < -0.4 is 0 Å². The van der Waals surface area contributed by atoms with E-state index in [9.17, 15) is 0 Å². The Bertz CT molecular complexity index is 1560. The van der Waals surface area contributed by atoms with Crippen molar-refractivity contribution in [3.8, 4) is 0 Å². The third kappa shape index (κ3) is 4.91. The minimum absolute atomic E-state index is 0.0797. The van der Waals surface area contributed by atoms with E-state index in [1.165, 1.54) is 16.7 Å². The van der Waals surface area contributed by atoms with E-state index in [0.717, 1.165) is 45.1 Å². The summed E-state index contributed by atoms with van der Waals surface area (Å²) in [6.45, 7) is 17.2. The molecule has 0 radical (unpaired) electrons. The van der Waals surface area contributed by atoms with Gasteiger partial charge in [0.15, 0.2) is 0 Å². The zero-order valence-electron chi connectivity index (χ0n) is 23.3. The van der Waals surface area contributed by atoms with Crippen molar-refractivity contribution in [2.24, 2.45) is 9.98 Å². The SMILES string of the molecule is C=CC(C)(C)c1ccc(N=C2c3ccccc3C(=Nc3ccc(C(C)(C)C)cc3)c3cc(C)ccc32)cc1. The Hall–Kier alpha value is -4.04. The molecule has 4 aromatic rings. The van der Waals surface area contributed by atoms with Crippen LogP contribution in [-0.4, -0.2) is 11.4 Å². The van der Waals surface area contributed by atoms with Gasteiger partial charge in [0.2, 0.25) is 0 Å². The Labute approximate surface area is 227 Å². The molecule has 0 bridgehead atoms. The molecule has 0 aliphatic heterocycles. The molecule has 0 atom stereocenters. The summed E-state index contributed by atoms with van der Waals surface area (Å²) in [7, 11) is 0. The van der Waals surface area contributed by atoms with Crippen molar-refractivity contribution in [2.45, 2.75) is 52.4 Å². The Balaban J connectivity index is 1.65. The van der Waals surface area contributed by atoms with Crippen LogP contribution in [0.1, 0.15) is 73.6 Å². The van der Waals surface area contributed by atoms with Crippen LogP contribution in [0.4, 0.5) is 11.4 Å². The number of fused-ring (bicyclic) bond motifs is 2. The number of aliphatic imine (C=N–C) groups is 2. The smallest absolute Gasteiger partial charge is 0.0795 e. The summed E-state index contributed by atoms with van der Waals surface area (Å²) in [6.07, 6.45) is 1.99. The predicted molar refractivity (Wildman–Crippen MR) is 163 cm³/mol. The molecule has 0 saturated carbocycles. The second kappa shape index (κ2) is 9.68. The van der Waals surface area contributed by atoms with Gasteiger partial charge in [-0.05, 0) is 53.8 Å². The molecule has 4 aromatic carbocycles. The van der Waals surface area contributed by atoms with E-state index in [0.29, 0.717) is 0 Å².